The van der Waals surface area contributed by atoms with Crippen LogP contribution in [0.15, 0.2) is 48.8 Å². The predicted octanol–water partition coefficient (Wildman–Crippen LogP) is 2.80. The lowest BCUT2D eigenvalue weighted by Gasteiger charge is -2.27. The minimum atomic E-state index is 0.0215. The number of nitrogens with one attached hydrogen (secondary N) is 1. The van der Waals surface area contributed by atoms with E-state index in [4.69, 9.17) is 5.26 Å². The molecule has 1 N–H and O–H groups in total. The SMILES string of the molecule is CC(C)N(Cc1cccnc1)C(=O)CNc1ccc(C#N)cc1. The van der Waals surface area contributed by atoms with Crippen LogP contribution < -0.4 is 5.32 Å². The number of pyridine rings is 1. The van der Waals surface area contributed by atoms with Crippen LogP contribution in [0.2, 0.25) is 0 Å². The molecule has 0 fully saturated rings. The molecule has 0 aliphatic carbocycles. The Kier molecular flexibility index (Phi) is 5.70. The summed E-state index contributed by atoms with van der Waals surface area (Å²) < 4.78 is 0. The standard InChI is InChI=1S/C18H20N4O/c1-14(2)22(13-16-4-3-9-20-11-16)18(23)12-21-17-7-5-15(10-19)6-8-17/h3-9,11,14,21H,12-13H2,1-2H3. The van der Waals surface area contributed by atoms with Gasteiger partial charge in [0.2, 0.25) is 5.91 Å². The first kappa shape index (κ1) is 16.5. The molecule has 1 aromatic heterocycles. The molecule has 0 spiro atoms. The van der Waals surface area contributed by atoms with Gasteiger partial charge in [0, 0.05) is 30.7 Å². The Morgan fingerprint density at radius 3 is 2.61 bits per heavy atom. The minimum absolute atomic E-state index is 0.0215. The number of aromatic nitrogens is 1. The van der Waals surface area contributed by atoms with Crippen LogP contribution in [-0.2, 0) is 11.3 Å². The number of amides is 1. The molecular formula is C18H20N4O. The van der Waals surface area contributed by atoms with E-state index in [1.807, 2.05) is 30.9 Å². The van der Waals surface area contributed by atoms with Crippen molar-refractivity contribution in [1.29, 1.82) is 5.26 Å². The molecule has 0 aliphatic rings. The van der Waals surface area contributed by atoms with Gasteiger partial charge < -0.3 is 10.2 Å². The van der Waals surface area contributed by atoms with Gasteiger partial charge in [0.25, 0.3) is 0 Å². The molecule has 0 saturated carbocycles. The molecule has 1 aromatic carbocycles. The smallest absolute Gasteiger partial charge is 0.242 e. The summed E-state index contributed by atoms with van der Waals surface area (Å²) in [4.78, 5) is 18.4. The number of carbonyl (C=O) groups excluding carboxylic acids is 1. The highest BCUT2D eigenvalue weighted by atomic mass is 16.2. The lowest BCUT2D eigenvalue weighted by Crippen LogP contribution is -2.39. The highest BCUT2D eigenvalue weighted by molar-refractivity contribution is 5.81. The summed E-state index contributed by atoms with van der Waals surface area (Å²) in [6.45, 7) is 4.75. The number of rotatable bonds is 6. The topological polar surface area (TPSA) is 69.0 Å². The van der Waals surface area contributed by atoms with Crippen LogP contribution in [0.25, 0.3) is 0 Å². The Balaban J connectivity index is 1.96. The first-order chi connectivity index (χ1) is 11.1. The van der Waals surface area contributed by atoms with Crippen molar-refractivity contribution in [2.45, 2.75) is 26.4 Å². The molecule has 0 saturated heterocycles. The lowest BCUT2D eigenvalue weighted by molar-refractivity contribution is -0.131. The van der Waals surface area contributed by atoms with Gasteiger partial charge in [0.1, 0.15) is 0 Å². The molecule has 118 valence electrons. The molecule has 2 rings (SSSR count). The lowest BCUT2D eigenvalue weighted by atomic mass is 10.2. The number of hydrogen-bond donors (Lipinski definition) is 1. The quantitative estimate of drug-likeness (QED) is 0.891. The third-order valence-corrected chi connectivity index (χ3v) is 3.48. The minimum Gasteiger partial charge on any atom is -0.376 e. The van der Waals surface area contributed by atoms with E-state index < -0.39 is 0 Å². The summed E-state index contributed by atoms with van der Waals surface area (Å²) in [6, 6.07) is 13.0. The van der Waals surface area contributed by atoms with Gasteiger partial charge in [-0.15, -0.1) is 0 Å². The van der Waals surface area contributed by atoms with Gasteiger partial charge in [-0.3, -0.25) is 9.78 Å². The maximum absolute atomic E-state index is 12.5. The second kappa shape index (κ2) is 7.95. The maximum Gasteiger partial charge on any atom is 0.242 e. The van der Waals surface area contributed by atoms with E-state index in [0.29, 0.717) is 12.1 Å². The van der Waals surface area contributed by atoms with Crippen LogP contribution in [0.3, 0.4) is 0 Å². The summed E-state index contributed by atoms with van der Waals surface area (Å²) in [5, 5.41) is 11.9. The molecule has 5 heteroatoms. The normalized spacial score (nSPS) is 10.2. The molecule has 0 bridgehead atoms. The fourth-order valence-electron chi connectivity index (χ4n) is 2.19. The van der Waals surface area contributed by atoms with Crippen LogP contribution in [0.4, 0.5) is 5.69 Å². The molecule has 0 aliphatic heterocycles. The summed E-state index contributed by atoms with van der Waals surface area (Å²) in [6.07, 6.45) is 3.49. The fourth-order valence-corrected chi connectivity index (χ4v) is 2.19. The average Bonchev–Trinajstić information content (AvgIpc) is 2.58. The molecule has 1 heterocycles. The molecule has 0 atom stereocenters. The zero-order valence-corrected chi connectivity index (χ0v) is 13.4. The van der Waals surface area contributed by atoms with Crippen molar-refractivity contribution >= 4 is 11.6 Å². The molecule has 23 heavy (non-hydrogen) atoms. The van der Waals surface area contributed by atoms with E-state index in [-0.39, 0.29) is 18.5 Å². The Morgan fingerprint density at radius 1 is 1.30 bits per heavy atom. The van der Waals surface area contributed by atoms with E-state index in [0.717, 1.165) is 11.3 Å². The van der Waals surface area contributed by atoms with Crippen molar-refractivity contribution in [2.75, 3.05) is 11.9 Å². The van der Waals surface area contributed by atoms with Gasteiger partial charge in [-0.05, 0) is 49.7 Å². The Morgan fingerprint density at radius 2 is 2.04 bits per heavy atom. The maximum atomic E-state index is 12.5. The number of hydrogen-bond acceptors (Lipinski definition) is 4. The Labute approximate surface area is 136 Å². The molecule has 5 nitrogen and oxygen atoms in total. The van der Waals surface area contributed by atoms with Crippen LogP contribution >= 0.6 is 0 Å². The monoisotopic (exact) mass is 308 g/mol. The number of benzene rings is 1. The molecule has 2 aromatic rings. The first-order valence-electron chi connectivity index (χ1n) is 7.52. The molecule has 0 unspecified atom stereocenters. The average molecular weight is 308 g/mol. The third-order valence-electron chi connectivity index (χ3n) is 3.48. The molecule has 0 radical (unpaired) electrons. The second-order valence-electron chi connectivity index (χ2n) is 5.52. The second-order valence-corrected chi connectivity index (χ2v) is 5.52. The van der Waals surface area contributed by atoms with Crippen molar-refractivity contribution in [3.8, 4) is 6.07 Å². The summed E-state index contributed by atoms with van der Waals surface area (Å²) >= 11 is 0. The Hall–Kier alpha value is -2.87. The molecule has 1 amide bonds. The number of anilines is 1. The highest BCUT2D eigenvalue weighted by Crippen LogP contribution is 2.11. The van der Waals surface area contributed by atoms with E-state index in [1.165, 1.54) is 0 Å². The highest BCUT2D eigenvalue weighted by Gasteiger charge is 2.17. The number of nitrogens with zero attached hydrogens (tertiary/aromatic N) is 3. The van der Waals surface area contributed by atoms with Gasteiger partial charge in [-0.25, -0.2) is 0 Å². The number of nitriles is 1. The van der Waals surface area contributed by atoms with Gasteiger partial charge in [0.05, 0.1) is 18.2 Å². The third kappa shape index (κ3) is 4.82. The number of carbonyl (C=O) groups is 1. The zero-order chi connectivity index (χ0) is 16.7. The predicted molar refractivity (Wildman–Crippen MR) is 89.6 cm³/mol. The zero-order valence-electron chi connectivity index (χ0n) is 13.4. The van der Waals surface area contributed by atoms with E-state index in [1.54, 1.807) is 36.7 Å². The van der Waals surface area contributed by atoms with Crippen LogP contribution in [0.1, 0.15) is 25.0 Å². The van der Waals surface area contributed by atoms with Crippen molar-refractivity contribution in [3.05, 3.63) is 59.9 Å². The van der Waals surface area contributed by atoms with E-state index >= 15 is 0 Å². The largest absolute Gasteiger partial charge is 0.376 e. The van der Waals surface area contributed by atoms with Crippen molar-refractivity contribution < 1.29 is 4.79 Å². The van der Waals surface area contributed by atoms with Gasteiger partial charge >= 0.3 is 0 Å². The van der Waals surface area contributed by atoms with E-state index in [9.17, 15) is 4.79 Å². The van der Waals surface area contributed by atoms with Gasteiger partial charge in [0.15, 0.2) is 0 Å². The van der Waals surface area contributed by atoms with E-state index in [2.05, 4.69) is 16.4 Å². The van der Waals surface area contributed by atoms with Gasteiger partial charge in [-0.1, -0.05) is 6.07 Å². The first-order valence-corrected chi connectivity index (χ1v) is 7.52. The summed E-state index contributed by atoms with van der Waals surface area (Å²) in [7, 11) is 0. The fraction of sp³-hybridized carbons (Fsp3) is 0.278. The van der Waals surface area contributed by atoms with Crippen molar-refractivity contribution in [1.82, 2.24) is 9.88 Å². The van der Waals surface area contributed by atoms with Crippen molar-refractivity contribution in [3.63, 3.8) is 0 Å². The summed E-state index contributed by atoms with van der Waals surface area (Å²) in [5.74, 6) is 0.0215. The van der Waals surface area contributed by atoms with Crippen LogP contribution in [0, 0.1) is 11.3 Å². The van der Waals surface area contributed by atoms with Crippen LogP contribution in [0.5, 0.6) is 0 Å². The van der Waals surface area contributed by atoms with Crippen LogP contribution in [-0.4, -0.2) is 28.4 Å². The van der Waals surface area contributed by atoms with Crippen molar-refractivity contribution in [2.24, 2.45) is 0 Å². The Bertz CT molecular complexity index is 674. The molecular weight excluding hydrogens is 288 g/mol. The van der Waals surface area contributed by atoms with Gasteiger partial charge in [-0.2, -0.15) is 5.26 Å². The summed E-state index contributed by atoms with van der Waals surface area (Å²) in [5.41, 5.74) is 2.43.